The summed E-state index contributed by atoms with van der Waals surface area (Å²) in [5.41, 5.74) is 2.57. The summed E-state index contributed by atoms with van der Waals surface area (Å²) in [6.07, 6.45) is 0.860. The Balaban J connectivity index is 1.70. The van der Waals surface area contributed by atoms with Crippen molar-refractivity contribution in [2.75, 3.05) is 11.1 Å². The van der Waals surface area contributed by atoms with Gasteiger partial charge in [-0.05, 0) is 81.5 Å². The van der Waals surface area contributed by atoms with E-state index in [1.165, 1.54) is 0 Å². The average Bonchev–Trinajstić information content (AvgIpc) is 3.71. The van der Waals surface area contributed by atoms with Gasteiger partial charge in [0, 0.05) is 17.5 Å². The van der Waals surface area contributed by atoms with Gasteiger partial charge < -0.3 is 20.3 Å². The van der Waals surface area contributed by atoms with Crippen LogP contribution in [0.25, 0.3) is 10.8 Å². The molecule has 206 valence electrons. The van der Waals surface area contributed by atoms with E-state index in [4.69, 9.17) is 4.74 Å². The number of carbonyl (C=O) groups is 3. The molecule has 2 N–H and O–H groups in total. The highest BCUT2D eigenvalue weighted by atomic mass is 32.1. The number of anilines is 1. The van der Waals surface area contributed by atoms with E-state index < -0.39 is 23.8 Å². The van der Waals surface area contributed by atoms with E-state index >= 15 is 0 Å². The first kappa shape index (κ1) is 28.5. The smallest absolute Gasteiger partial charge is 0.408 e. The number of fused-ring (bicyclic) bond motifs is 1. The van der Waals surface area contributed by atoms with E-state index in [2.05, 4.69) is 23.3 Å². The molecule has 1 fully saturated rings. The summed E-state index contributed by atoms with van der Waals surface area (Å²) in [5.74, 6) is -0.611. The maximum Gasteiger partial charge on any atom is 0.408 e. The molecule has 2 unspecified atom stereocenters. The first-order valence-corrected chi connectivity index (χ1v) is 13.9. The van der Waals surface area contributed by atoms with Crippen LogP contribution in [0.1, 0.15) is 56.3 Å². The van der Waals surface area contributed by atoms with Crippen LogP contribution >= 0.6 is 12.6 Å². The molecule has 0 bridgehead atoms. The molecule has 8 heteroatoms. The van der Waals surface area contributed by atoms with Gasteiger partial charge in [-0.1, -0.05) is 54.1 Å². The zero-order valence-corrected chi connectivity index (χ0v) is 24.0. The molecule has 3 aromatic carbocycles. The number of aryl methyl sites for hydroxylation is 2. The molecule has 1 aliphatic carbocycles. The molecule has 1 saturated carbocycles. The number of amides is 3. The van der Waals surface area contributed by atoms with Crippen LogP contribution in [0.2, 0.25) is 0 Å². The number of rotatable bonds is 8. The van der Waals surface area contributed by atoms with Gasteiger partial charge in [0.15, 0.2) is 0 Å². The number of thiol groups is 1. The predicted molar refractivity (Wildman–Crippen MR) is 158 cm³/mol. The lowest BCUT2D eigenvalue weighted by atomic mass is 9.96. The van der Waals surface area contributed by atoms with Crippen molar-refractivity contribution in [3.05, 3.63) is 77.4 Å². The second-order valence-electron chi connectivity index (χ2n) is 11.2. The van der Waals surface area contributed by atoms with Gasteiger partial charge in [-0.2, -0.15) is 12.6 Å². The zero-order chi connectivity index (χ0) is 28.3. The summed E-state index contributed by atoms with van der Waals surface area (Å²) in [6.45, 7) is 9.18. The fourth-order valence-corrected chi connectivity index (χ4v) is 4.88. The van der Waals surface area contributed by atoms with Crippen LogP contribution in [0, 0.1) is 13.8 Å². The molecule has 3 aromatic rings. The minimum absolute atomic E-state index is 0.0626. The van der Waals surface area contributed by atoms with Crippen molar-refractivity contribution in [3.8, 4) is 0 Å². The van der Waals surface area contributed by atoms with Crippen molar-refractivity contribution in [3.63, 3.8) is 0 Å². The SMILES string of the molecule is Cc1ccc(C)c(C(C(=O)Nc2ccc3ccccc3c2)N(C(=O)C(CS)NC(=O)OC(C)(C)C)C2CC2)c1. The topological polar surface area (TPSA) is 87.7 Å². The summed E-state index contributed by atoms with van der Waals surface area (Å²) >= 11 is 4.36. The lowest BCUT2D eigenvalue weighted by molar-refractivity contribution is -0.141. The Bertz CT molecular complexity index is 1380. The van der Waals surface area contributed by atoms with Crippen molar-refractivity contribution < 1.29 is 19.1 Å². The van der Waals surface area contributed by atoms with E-state index in [-0.39, 0.29) is 23.6 Å². The standard InChI is InChI=1S/C31H37N3O4S/c1-19-10-11-20(2)25(16-19)27(28(35)32-23-13-12-21-8-6-7-9-22(21)17-23)34(24-14-15-24)29(36)26(18-39)33-30(37)38-31(3,4)5/h6-13,16-17,24,26-27,39H,14-15,18H2,1-5H3,(H,32,35)(H,33,37). The average molecular weight is 548 g/mol. The van der Waals surface area contributed by atoms with Gasteiger partial charge in [0.1, 0.15) is 17.7 Å². The van der Waals surface area contributed by atoms with Gasteiger partial charge in [-0.25, -0.2) is 4.79 Å². The number of ether oxygens (including phenoxy) is 1. The van der Waals surface area contributed by atoms with Crippen molar-refractivity contribution in [1.82, 2.24) is 10.2 Å². The summed E-state index contributed by atoms with van der Waals surface area (Å²) in [4.78, 5) is 42.3. The first-order chi connectivity index (χ1) is 18.5. The lowest BCUT2D eigenvalue weighted by Crippen LogP contribution is -2.54. The second-order valence-corrected chi connectivity index (χ2v) is 11.5. The van der Waals surface area contributed by atoms with Crippen molar-refractivity contribution in [1.29, 1.82) is 0 Å². The van der Waals surface area contributed by atoms with Crippen LogP contribution < -0.4 is 10.6 Å². The molecule has 2 atom stereocenters. The number of benzene rings is 3. The quantitative estimate of drug-likeness (QED) is 0.304. The molecule has 4 rings (SSSR count). The Morgan fingerprint density at radius 1 is 1.00 bits per heavy atom. The number of nitrogens with zero attached hydrogens (tertiary/aromatic N) is 1. The van der Waals surface area contributed by atoms with Gasteiger partial charge >= 0.3 is 6.09 Å². The first-order valence-electron chi connectivity index (χ1n) is 13.3. The molecular weight excluding hydrogens is 510 g/mol. The highest BCUT2D eigenvalue weighted by molar-refractivity contribution is 7.80. The van der Waals surface area contributed by atoms with Gasteiger partial charge in [0.05, 0.1) is 0 Å². The zero-order valence-electron chi connectivity index (χ0n) is 23.2. The third-order valence-corrected chi connectivity index (χ3v) is 7.00. The normalized spacial score (nSPS) is 14.8. The second kappa shape index (κ2) is 11.7. The third kappa shape index (κ3) is 7.12. The van der Waals surface area contributed by atoms with Crippen LogP contribution in [0.15, 0.2) is 60.7 Å². The summed E-state index contributed by atoms with van der Waals surface area (Å²) < 4.78 is 5.38. The Hall–Kier alpha value is -3.52. The van der Waals surface area contributed by atoms with Crippen LogP contribution in [-0.4, -0.2) is 46.2 Å². The number of hydrogen-bond donors (Lipinski definition) is 3. The fourth-order valence-electron chi connectivity index (χ4n) is 4.64. The molecule has 0 aromatic heterocycles. The number of carbonyl (C=O) groups excluding carboxylic acids is 3. The summed E-state index contributed by atoms with van der Waals surface area (Å²) in [6, 6.07) is 17.6. The number of hydrogen-bond acceptors (Lipinski definition) is 5. The maximum absolute atomic E-state index is 14.1. The number of nitrogens with one attached hydrogen (secondary N) is 2. The molecule has 1 aliphatic rings. The van der Waals surface area contributed by atoms with Crippen molar-refractivity contribution in [2.45, 2.75) is 71.2 Å². The molecule has 0 radical (unpaired) electrons. The van der Waals surface area contributed by atoms with Gasteiger partial charge in [0.2, 0.25) is 5.91 Å². The molecule has 7 nitrogen and oxygen atoms in total. The Morgan fingerprint density at radius 2 is 1.69 bits per heavy atom. The van der Waals surface area contributed by atoms with E-state index in [1.807, 2.05) is 74.5 Å². The van der Waals surface area contributed by atoms with Crippen molar-refractivity contribution in [2.24, 2.45) is 0 Å². The third-order valence-electron chi connectivity index (χ3n) is 6.64. The Labute approximate surface area is 235 Å². The fraction of sp³-hybridized carbons (Fsp3) is 0.387. The Morgan fingerprint density at radius 3 is 2.33 bits per heavy atom. The highest BCUT2D eigenvalue weighted by Crippen LogP contribution is 2.37. The van der Waals surface area contributed by atoms with Gasteiger partial charge in [0.25, 0.3) is 5.91 Å². The van der Waals surface area contributed by atoms with Gasteiger partial charge in [-0.3, -0.25) is 9.59 Å². The molecule has 3 amide bonds. The minimum Gasteiger partial charge on any atom is -0.444 e. The largest absolute Gasteiger partial charge is 0.444 e. The lowest BCUT2D eigenvalue weighted by Gasteiger charge is -2.35. The monoisotopic (exact) mass is 547 g/mol. The van der Waals surface area contributed by atoms with E-state index in [0.29, 0.717) is 5.69 Å². The van der Waals surface area contributed by atoms with Gasteiger partial charge in [-0.15, -0.1) is 0 Å². The van der Waals surface area contributed by atoms with Crippen LogP contribution in [0.4, 0.5) is 10.5 Å². The Kier molecular flexibility index (Phi) is 8.54. The summed E-state index contributed by atoms with van der Waals surface area (Å²) in [7, 11) is 0. The molecule has 0 heterocycles. The van der Waals surface area contributed by atoms with E-state index in [9.17, 15) is 14.4 Å². The van der Waals surface area contributed by atoms with Crippen molar-refractivity contribution >= 4 is 47.0 Å². The molecule has 0 aliphatic heterocycles. The maximum atomic E-state index is 14.1. The number of alkyl carbamates (subject to hydrolysis) is 1. The van der Waals surface area contributed by atoms with Crippen LogP contribution in [0.3, 0.4) is 0 Å². The van der Waals surface area contributed by atoms with Crippen LogP contribution in [-0.2, 0) is 14.3 Å². The molecule has 39 heavy (non-hydrogen) atoms. The highest BCUT2D eigenvalue weighted by Gasteiger charge is 2.44. The molecular formula is C31H37N3O4S. The predicted octanol–water partition coefficient (Wildman–Crippen LogP) is 5.95. The minimum atomic E-state index is -0.954. The van der Waals surface area contributed by atoms with E-state index in [1.54, 1.807) is 25.7 Å². The molecule has 0 saturated heterocycles. The molecule has 0 spiro atoms. The van der Waals surface area contributed by atoms with Crippen LogP contribution in [0.5, 0.6) is 0 Å². The summed E-state index contributed by atoms with van der Waals surface area (Å²) in [5, 5.41) is 7.80. The van der Waals surface area contributed by atoms with E-state index in [0.717, 1.165) is 40.3 Å².